The summed E-state index contributed by atoms with van der Waals surface area (Å²) in [6.07, 6.45) is 6.00. The molecule has 1 aliphatic heterocycles. The number of nitrogens with two attached hydrogens (primary N) is 1. The lowest BCUT2D eigenvalue weighted by Gasteiger charge is -2.22. The van der Waals surface area contributed by atoms with Crippen molar-refractivity contribution in [1.29, 1.82) is 0 Å². The molecule has 0 saturated carbocycles. The molecule has 1 fully saturated rings. The van der Waals surface area contributed by atoms with Gasteiger partial charge in [-0.3, -0.25) is 4.79 Å². The van der Waals surface area contributed by atoms with Crippen LogP contribution in [-0.2, 0) is 4.74 Å². The largest absolute Gasteiger partial charge is 0.396 e. The predicted molar refractivity (Wildman–Crippen MR) is 81.1 cm³/mol. The van der Waals surface area contributed by atoms with E-state index < -0.39 is 0 Å². The van der Waals surface area contributed by atoms with E-state index in [9.17, 15) is 4.79 Å². The van der Waals surface area contributed by atoms with Gasteiger partial charge in [0, 0.05) is 19.1 Å². The number of carbonyl (C=O) groups excluding carboxylic acids is 1. The van der Waals surface area contributed by atoms with Crippen LogP contribution in [0.25, 0.3) is 0 Å². The fraction of sp³-hybridized carbons (Fsp3) is 0.667. The molecule has 6 nitrogen and oxygen atoms in total. The Labute approximate surface area is 125 Å². The highest BCUT2D eigenvalue weighted by atomic mass is 16.5. The molecule has 2 rings (SSSR count). The van der Waals surface area contributed by atoms with Crippen LogP contribution in [0.1, 0.15) is 61.8 Å². The maximum atomic E-state index is 12.2. The van der Waals surface area contributed by atoms with Gasteiger partial charge in [0.15, 0.2) is 5.69 Å². The monoisotopic (exact) mass is 292 g/mol. The van der Waals surface area contributed by atoms with Gasteiger partial charge in [-0.15, -0.1) is 0 Å². The van der Waals surface area contributed by atoms with E-state index in [1.165, 1.54) is 12.6 Å². The Bertz CT molecular complexity index is 485. The normalized spacial score (nSPS) is 18.7. The number of nitrogens with zero attached hydrogens (tertiary/aromatic N) is 2. The number of amides is 1. The molecule has 21 heavy (non-hydrogen) atoms. The highest BCUT2D eigenvalue weighted by Crippen LogP contribution is 2.16. The Hall–Kier alpha value is -1.69. The van der Waals surface area contributed by atoms with E-state index >= 15 is 0 Å². The summed E-state index contributed by atoms with van der Waals surface area (Å²) in [5, 5.41) is 2.86. The van der Waals surface area contributed by atoms with E-state index in [0.717, 1.165) is 25.9 Å². The summed E-state index contributed by atoms with van der Waals surface area (Å²) < 4.78 is 5.64. The minimum Gasteiger partial charge on any atom is -0.396 e. The quantitative estimate of drug-likeness (QED) is 0.864. The van der Waals surface area contributed by atoms with Gasteiger partial charge in [-0.05, 0) is 25.7 Å². The standard InChI is InChI=1S/C15H24N4O2/c1-10(2)14-18-9-12(16)13(19-14)15(20)17-7-6-11-5-3-4-8-21-11/h9-11H,3-8,16H2,1-2H3,(H,17,20). The molecular weight excluding hydrogens is 268 g/mol. The van der Waals surface area contributed by atoms with Crippen molar-refractivity contribution in [2.45, 2.75) is 51.6 Å². The molecule has 1 atom stereocenters. The number of aromatic nitrogens is 2. The summed E-state index contributed by atoms with van der Waals surface area (Å²) in [7, 11) is 0. The Morgan fingerprint density at radius 2 is 2.33 bits per heavy atom. The third kappa shape index (κ3) is 4.39. The number of carbonyl (C=O) groups is 1. The molecule has 3 N–H and O–H groups in total. The van der Waals surface area contributed by atoms with E-state index in [0.29, 0.717) is 18.1 Å². The van der Waals surface area contributed by atoms with Gasteiger partial charge >= 0.3 is 0 Å². The second kappa shape index (κ2) is 7.36. The number of anilines is 1. The molecule has 1 aliphatic rings. The summed E-state index contributed by atoms with van der Waals surface area (Å²) in [5.41, 5.74) is 6.37. The van der Waals surface area contributed by atoms with Crippen LogP contribution in [0.4, 0.5) is 5.69 Å². The Morgan fingerprint density at radius 3 is 3.00 bits per heavy atom. The second-order valence-electron chi connectivity index (χ2n) is 5.72. The first-order valence-corrected chi connectivity index (χ1v) is 7.60. The van der Waals surface area contributed by atoms with Gasteiger partial charge in [0.2, 0.25) is 0 Å². The summed E-state index contributed by atoms with van der Waals surface area (Å²) in [6, 6.07) is 0. The first-order valence-electron chi connectivity index (χ1n) is 7.60. The number of rotatable bonds is 5. The smallest absolute Gasteiger partial charge is 0.272 e. The number of nitrogens with one attached hydrogen (secondary N) is 1. The lowest BCUT2D eigenvalue weighted by molar-refractivity contribution is 0.0117. The van der Waals surface area contributed by atoms with Gasteiger partial charge in [-0.1, -0.05) is 13.8 Å². The maximum absolute atomic E-state index is 12.2. The molecule has 0 aromatic carbocycles. The van der Waals surface area contributed by atoms with Gasteiger partial charge in [0.1, 0.15) is 5.82 Å². The zero-order valence-corrected chi connectivity index (χ0v) is 12.8. The lowest BCUT2D eigenvalue weighted by atomic mass is 10.1. The minimum absolute atomic E-state index is 0.160. The Kier molecular flexibility index (Phi) is 5.50. The van der Waals surface area contributed by atoms with Crippen molar-refractivity contribution >= 4 is 11.6 Å². The topological polar surface area (TPSA) is 90.1 Å². The molecule has 2 heterocycles. The van der Waals surface area contributed by atoms with Crippen LogP contribution in [0.5, 0.6) is 0 Å². The number of hydrogen-bond donors (Lipinski definition) is 2. The van der Waals surface area contributed by atoms with E-state index in [1.54, 1.807) is 0 Å². The predicted octanol–water partition coefficient (Wildman–Crippen LogP) is 1.87. The molecule has 1 aromatic rings. The third-order valence-corrected chi connectivity index (χ3v) is 3.59. The van der Waals surface area contributed by atoms with Crippen molar-refractivity contribution in [2.24, 2.45) is 0 Å². The van der Waals surface area contributed by atoms with Crippen LogP contribution in [0.3, 0.4) is 0 Å². The van der Waals surface area contributed by atoms with Gasteiger partial charge in [0.05, 0.1) is 18.0 Å². The zero-order valence-electron chi connectivity index (χ0n) is 12.8. The molecule has 6 heteroatoms. The molecule has 1 unspecified atom stereocenters. The maximum Gasteiger partial charge on any atom is 0.272 e. The minimum atomic E-state index is -0.243. The lowest BCUT2D eigenvalue weighted by Crippen LogP contribution is -2.30. The van der Waals surface area contributed by atoms with Crippen molar-refractivity contribution in [3.8, 4) is 0 Å². The molecule has 1 saturated heterocycles. The highest BCUT2D eigenvalue weighted by molar-refractivity contribution is 5.96. The summed E-state index contributed by atoms with van der Waals surface area (Å²) in [4.78, 5) is 20.6. The van der Waals surface area contributed by atoms with Crippen molar-refractivity contribution in [1.82, 2.24) is 15.3 Å². The van der Waals surface area contributed by atoms with Crippen LogP contribution >= 0.6 is 0 Å². The molecule has 116 valence electrons. The average molecular weight is 292 g/mol. The molecule has 0 bridgehead atoms. The fourth-order valence-electron chi connectivity index (χ4n) is 2.33. The summed E-state index contributed by atoms with van der Waals surface area (Å²) >= 11 is 0. The van der Waals surface area contributed by atoms with Crippen LogP contribution in [0.15, 0.2) is 6.20 Å². The van der Waals surface area contributed by atoms with E-state index in [-0.39, 0.29) is 23.6 Å². The van der Waals surface area contributed by atoms with E-state index in [1.807, 2.05) is 13.8 Å². The van der Waals surface area contributed by atoms with E-state index in [2.05, 4.69) is 15.3 Å². The van der Waals surface area contributed by atoms with Gasteiger partial charge in [0.25, 0.3) is 5.91 Å². The van der Waals surface area contributed by atoms with Gasteiger partial charge in [-0.2, -0.15) is 0 Å². The molecule has 0 aliphatic carbocycles. The van der Waals surface area contributed by atoms with Crippen molar-refractivity contribution in [2.75, 3.05) is 18.9 Å². The van der Waals surface area contributed by atoms with Crippen LogP contribution in [0.2, 0.25) is 0 Å². The number of ether oxygens (including phenoxy) is 1. The molecular formula is C15H24N4O2. The Morgan fingerprint density at radius 1 is 1.52 bits per heavy atom. The van der Waals surface area contributed by atoms with Crippen molar-refractivity contribution < 1.29 is 9.53 Å². The van der Waals surface area contributed by atoms with Crippen LogP contribution in [0, 0.1) is 0 Å². The highest BCUT2D eigenvalue weighted by Gasteiger charge is 2.17. The number of hydrogen-bond acceptors (Lipinski definition) is 5. The molecule has 0 spiro atoms. The summed E-state index contributed by atoms with van der Waals surface area (Å²) in [5.74, 6) is 0.547. The van der Waals surface area contributed by atoms with E-state index in [4.69, 9.17) is 10.5 Å². The molecule has 0 radical (unpaired) electrons. The van der Waals surface area contributed by atoms with Crippen LogP contribution < -0.4 is 11.1 Å². The van der Waals surface area contributed by atoms with Crippen LogP contribution in [-0.4, -0.2) is 35.1 Å². The molecule has 1 aromatic heterocycles. The van der Waals surface area contributed by atoms with Crippen molar-refractivity contribution in [3.63, 3.8) is 0 Å². The third-order valence-electron chi connectivity index (χ3n) is 3.59. The average Bonchev–Trinajstić information content (AvgIpc) is 2.48. The first-order chi connectivity index (χ1) is 10.1. The number of nitrogen functional groups attached to an aromatic ring is 1. The summed E-state index contributed by atoms with van der Waals surface area (Å²) in [6.45, 7) is 5.36. The SMILES string of the molecule is CC(C)c1ncc(N)c(C(=O)NCCC2CCCCO2)n1. The first kappa shape index (κ1) is 15.7. The van der Waals surface area contributed by atoms with Crippen molar-refractivity contribution in [3.05, 3.63) is 17.7 Å². The van der Waals surface area contributed by atoms with Gasteiger partial charge in [-0.25, -0.2) is 9.97 Å². The Balaban J connectivity index is 1.89. The zero-order chi connectivity index (χ0) is 15.2. The second-order valence-corrected chi connectivity index (χ2v) is 5.72. The fourth-order valence-corrected chi connectivity index (χ4v) is 2.33. The molecule has 1 amide bonds. The van der Waals surface area contributed by atoms with Gasteiger partial charge < -0.3 is 15.8 Å².